The van der Waals surface area contributed by atoms with Gasteiger partial charge in [-0.25, -0.2) is 0 Å². The van der Waals surface area contributed by atoms with Crippen LogP contribution in [0.2, 0.25) is 0 Å². The number of methoxy groups -OCH3 is 1. The van der Waals surface area contributed by atoms with Gasteiger partial charge in [-0.1, -0.05) is 0 Å². The number of amides is 1. The van der Waals surface area contributed by atoms with Crippen LogP contribution in [0.1, 0.15) is 22.3 Å². The number of hydrogen-bond acceptors (Lipinski definition) is 5. The van der Waals surface area contributed by atoms with Crippen molar-refractivity contribution in [3.05, 3.63) is 46.2 Å². The molecule has 6 heteroatoms. The molecule has 1 fully saturated rings. The van der Waals surface area contributed by atoms with Crippen LogP contribution in [0.3, 0.4) is 0 Å². The van der Waals surface area contributed by atoms with Gasteiger partial charge >= 0.3 is 0 Å². The van der Waals surface area contributed by atoms with Gasteiger partial charge in [0.1, 0.15) is 5.75 Å². The molecule has 2 heterocycles. The predicted molar refractivity (Wildman–Crippen MR) is 105 cm³/mol. The molecule has 25 heavy (non-hydrogen) atoms. The molecule has 0 aliphatic carbocycles. The first-order valence-electron chi connectivity index (χ1n) is 8.46. The van der Waals surface area contributed by atoms with E-state index in [4.69, 9.17) is 4.74 Å². The molecular weight excluding hydrogens is 352 g/mol. The number of benzene rings is 1. The first kappa shape index (κ1) is 18.3. The number of nitrogens with zero attached hydrogens (tertiary/aromatic N) is 2. The molecule has 0 unspecified atom stereocenters. The third kappa shape index (κ3) is 4.57. The number of thiophene rings is 1. The molecule has 1 saturated heterocycles. The summed E-state index contributed by atoms with van der Waals surface area (Å²) in [5.41, 5.74) is 2.02. The Bertz CT molecular complexity index is 703. The van der Waals surface area contributed by atoms with E-state index < -0.39 is 0 Å². The van der Waals surface area contributed by atoms with E-state index in [1.165, 1.54) is 5.56 Å². The summed E-state index contributed by atoms with van der Waals surface area (Å²) >= 11 is 3.39. The van der Waals surface area contributed by atoms with Crippen LogP contribution >= 0.6 is 23.1 Å². The van der Waals surface area contributed by atoms with Gasteiger partial charge in [0, 0.05) is 37.6 Å². The maximum atomic E-state index is 13.0. The number of carbonyl (C=O) groups excluding carboxylic acids is 1. The van der Waals surface area contributed by atoms with Gasteiger partial charge in [-0.3, -0.25) is 9.69 Å². The molecule has 0 bridgehead atoms. The first-order chi connectivity index (χ1) is 12.2. The lowest BCUT2D eigenvalue weighted by molar-refractivity contribution is 0.0757. The second kappa shape index (κ2) is 8.74. The summed E-state index contributed by atoms with van der Waals surface area (Å²) in [6, 6.07) is 8.00. The summed E-state index contributed by atoms with van der Waals surface area (Å²) in [4.78, 5) is 18.5. The van der Waals surface area contributed by atoms with Crippen molar-refractivity contribution >= 4 is 29.0 Å². The first-order valence-corrected chi connectivity index (χ1v) is 10.6. The highest BCUT2D eigenvalue weighted by molar-refractivity contribution is 7.98. The Balaban J connectivity index is 1.66. The summed E-state index contributed by atoms with van der Waals surface area (Å²) in [5.74, 6) is 0.734. The van der Waals surface area contributed by atoms with Gasteiger partial charge in [0.2, 0.25) is 0 Å². The molecule has 1 aliphatic rings. The lowest BCUT2D eigenvalue weighted by atomic mass is 10.1. The van der Waals surface area contributed by atoms with Crippen molar-refractivity contribution in [3.63, 3.8) is 0 Å². The largest absolute Gasteiger partial charge is 0.496 e. The maximum Gasteiger partial charge on any atom is 0.257 e. The Morgan fingerprint density at radius 2 is 2.12 bits per heavy atom. The number of hydrogen-bond donors (Lipinski definition) is 0. The predicted octanol–water partition coefficient (Wildman–Crippen LogP) is 3.83. The van der Waals surface area contributed by atoms with Crippen LogP contribution < -0.4 is 4.74 Å². The monoisotopic (exact) mass is 376 g/mol. The normalized spacial score (nSPS) is 15.8. The van der Waals surface area contributed by atoms with Crippen molar-refractivity contribution in [2.24, 2.45) is 0 Å². The van der Waals surface area contributed by atoms with E-state index >= 15 is 0 Å². The molecule has 4 nitrogen and oxygen atoms in total. The van der Waals surface area contributed by atoms with Crippen LogP contribution in [-0.2, 0) is 6.54 Å². The van der Waals surface area contributed by atoms with E-state index in [1.54, 1.807) is 30.2 Å². The van der Waals surface area contributed by atoms with Gasteiger partial charge < -0.3 is 9.64 Å². The molecule has 1 amide bonds. The summed E-state index contributed by atoms with van der Waals surface area (Å²) in [5, 5.41) is 4.32. The van der Waals surface area contributed by atoms with Crippen LogP contribution in [0.5, 0.6) is 5.75 Å². The Morgan fingerprint density at radius 3 is 2.84 bits per heavy atom. The third-order valence-electron chi connectivity index (χ3n) is 4.50. The van der Waals surface area contributed by atoms with E-state index in [1.807, 2.05) is 29.4 Å². The lowest BCUT2D eigenvalue weighted by Crippen LogP contribution is -2.35. The molecule has 1 aliphatic heterocycles. The highest BCUT2D eigenvalue weighted by atomic mass is 32.2. The fourth-order valence-electron chi connectivity index (χ4n) is 3.12. The quantitative estimate of drug-likeness (QED) is 0.743. The molecular formula is C19H24N2O2S2. The van der Waals surface area contributed by atoms with Gasteiger partial charge in [0.25, 0.3) is 5.91 Å². The Morgan fingerprint density at radius 1 is 1.24 bits per heavy atom. The SMILES string of the molecule is COc1cc(SC)ccc1C(=O)N1CCCN(Cc2ccsc2)CC1. The van der Waals surface area contributed by atoms with Crippen molar-refractivity contribution in [2.45, 2.75) is 17.9 Å². The standard InChI is InChI=1S/C19H24N2O2S2/c1-23-18-12-16(24-2)4-5-17(18)19(22)21-8-3-7-20(9-10-21)13-15-6-11-25-14-15/h4-6,11-12,14H,3,7-10,13H2,1-2H3. The minimum atomic E-state index is 0.0712. The summed E-state index contributed by atoms with van der Waals surface area (Å²) in [6.07, 6.45) is 3.02. The second-order valence-electron chi connectivity index (χ2n) is 6.12. The molecule has 0 spiro atoms. The minimum absolute atomic E-state index is 0.0712. The van der Waals surface area contributed by atoms with Crippen molar-refractivity contribution in [3.8, 4) is 5.75 Å². The molecule has 2 aromatic rings. The van der Waals surface area contributed by atoms with Crippen molar-refractivity contribution in [1.29, 1.82) is 0 Å². The van der Waals surface area contributed by atoms with Crippen LogP contribution in [0.4, 0.5) is 0 Å². The zero-order valence-electron chi connectivity index (χ0n) is 14.7. The minimum Gasteiger partial charge on any atom is -0.496 e. The zero-order valence-corrected chi connectivity index (χ0v) is 16.4. The van der Waals surface area contributed by atoms with E-state index in [0.29, 0.717) is 11.3 Å². The zero-order chi connectivity index (χ0) is 17.6. The van der Waals surface area contributed by atoms with Crippen molar-refractivity contribution < 1.29 is 9.53 Å². The maximum absolute atomic E-state index is 13.0. The summed E-state index contributed by atoms with van der Waals surface area (Å²) in [6.45, 7) is 4.47. The van der Waals surface area contributed by atoms with Crippen LogP contribution in [0, 0.1) is 0 Å². The fourth-order valence-corrected chi connectivity index (χ4v) is 4.21. The van der Waals surface area contributed by atoms with Gasteiger partial charge in [0.05, 0.1) is 12.7 Å². The van der Waals surface area contributed by atoms with Crippen LogP contribution in [-0.4, -0.2) is 55.3 Å². The van der Waals surface area contributed by atoms with E-state index in [2.05, 4.69) is 21.7 Å². The average molecular weight is 377 g/mol. The summed E-state index contributed by atoms with van der Waals surface area (Å²) < 4.78 is 5.45. The second-order valence-corrected chi connectivity index (χ2v) is 7.78. The Labute approximate surface area is 157 Å². The van der Waals surface area contributed by atoms with E-state index in [9.17, 15) is 4.79 Å². The molecule has 0 N–H and O–H groups in total. The average Bonchev–Trinajstić information content (AvgIpc) is 3.04. The molecule has 134 valence electrons. The van der Waals surface area contributed by atoms with E-state index in [-0.39, 0.29) is 5.91 Å². The Kier molecular flexibility index (Phi) is 6.39. The third-order valence-corrected chi connectivity index (χ3v) is 5.96. The molecule has 0 radical (unpaired) electrons. The van der Waals surface area contributed by atoms with Gasteiger partial charge in [-0.05, 0) is 53.3 Å². The molecule has 1 aromatic heterocycles. The fraction of sp³-hybridized carbons (Fsp3) is 0.421. The molecule has 1 aromatic carbocycles. The van der Waals surface area contributed by atoms with E-state index in [0.717, 1.165) is 44.0 Å². The number of ether oxygens (including phenoxy) is 1. The number of carbonyl (C=O) groups is 1. The number of rotatable bonds is 5. The van der Waals surface area contributed by atoms with Crippen molar-refractivity contribution in [1.82, 2.24) is 9.80 Å². The van der Waals surface area contributed by atoms with Crippen LogP contribution in [0.25, 0.3) is 0 Å². The Hall–Kier alpha value is -1.50. The van der Waals surface area contributed by atoms with Gasteiger partial charge in [-0.2, -0.15) is 11.3 Å². The topological polar surface area (TPSA) is 32.8 Å². The van der Waals surface area contributed by atoms with Crippen LogP contribution in [0.15, 0.2) is 39.9 Å². The summed E-state index contributed by atoms with van der Waals surface area (Å²) in [7, 11) is 1.63. The molecule has 3 rings (SSSR count). The lowest BCUT2D eigenvalue weighted by Gasteiger charge is -2.22. The van der Waals surface area contributed by atoms with Crippen molar-refractivity contribution in [2.75, 3.05) is 39.5 Å². The highest BCUT2D eigenvalue weighted by Gasteiger charge is 2.23. The number of thioether (sulfide) groups is 1. The smallest absolute Gasteiger partial charge is 0.257 e. The van der Waals surface area contributed by atoms with Gasteiger partial charge in [-0.15, -0.1) is 11.8 Å². The highest BCUT2D eigenvalue weighted by Crippen LogP contribution is 2.26. The van der Waals surface area contributed by atoms with Gasteiger partial charge in [0.15, 0.2) is 0 Å². The molecule has 0 atom stereocenters. The molecule has 0 saturated carbocycles.